The van der Waals surface area contributed by atoms with Crippen LogP contribution in [0.25, 0.3) is 0 Å². The molecule has 2 saturated heterocycles. The first-order chi connectivity index (χ1) is 14.7. The highest BCUT2D eigenvalue weighted by Gasteiger charge is 2.34. The normalized spacial score (nSPS) is 22.8. The van der Waals surface area contributed by atoms with Crippen LogP contribution in [0.15, 0.2) is 10.6 Å². The van der Waals surface area contributed by atoms with Crippen molar-refractivity contribution in [3.63, 3.8) is 0 Å². The van der Waals surface area contributed by atoms with Gasteiger partial charge >= 0.3 is 0 Å². The van der Waals surface area contributed by atoms with Crippen molar-refractivity contribution in [3.05, 3.63) is 11.8 Å². The van der Waals surface area contributed by atoms with Crippen molar-refractivity contribution in [3.8, 4) is 0 Å². The van der Waals surface area contributed by atoms with Gasteiger partial charge in [-0.25, -0.2) is 0 Å². The van der Waals surface area contributed by atoms with E-state index in [0.717, 1.165) is 64.2 Å². The summed E-state index contributed by atoms with van der Waals surface area (Å²) in [5.74, 6) is 0.819. The van der Waals surface area contributed by atoms with Crippen LogP contribution in [-0.4, -0.2) is 67.8 Å². The SMILES string of the molecule is CN(CCC1CCOC1)C(C)(C)C(=O)Nc1cc(C(C)(C)COC2CCCCO2)no1. The summed E-state index contributed by atoms with van der Waals surface area (Å²) in [7, 11) is 1.98. The zero-order valence-electron chi connectivity index (χ0n) is 19.7. The number of hydrogen-bond acceptors (Lipinski definition) is 7. The molecule has 0 saturated carbocycles. The van der Waals surface area contributed by atoms with Crippen molar-refractivity contribution in [1.82, 2.24) is 10.1 Å². The van der Waals surface area contributed by atoms with E-state index in [9.17, 15) is 4.79 Å². The molecule has 2 unspecified atom stereocenters. The predicted octanol–water partition coefficient (Wildman–Crippen LogP) is 3.57. The van der Waals surface area contributed by atoms with E-state index < -0.39 is 5.54 Å². The Labute approximate surface area is 185 Å². The largest absolute Gasteiger partial charge is 0.381 e. The minimum Gasteiger partial charge on any atom is -0.381 e. The standard InChI is InChI=1S/C23H39N3O5/c1-22(2,16-30-20-8-6-7-12-29-20)18-14-19(31-25-18)24-21(27)23(3,4)26(5)11-9-17-10-13-28-15-17/h14,17,20H,6-13,15-16H2,1-5H3,(H,24,27). The first-order valence-electron chi connectivity index (χ1n) is 11.5. The maximum atomic E-state index is 13.0. The molecule has 2 aliphatic heterocycles. The number of carbonyl (C=O) groups excluding carboxylic acids is 1. The van der Waals surface area contributed by atoms with Crippen molar-refractivity contribution < 1.29 is 23.5 Å². The number of carbonyl (C=O) groups is 1. The van der Waals surface area contributed by atoms with Crippen LogP contribution in [-0.2, 0) is 24.4 Å². The number of aromatic nitrogens is 1. The second-order valence-electron chi connectivity index (χ2n) is 10.0. The molecule has 31 heavy (non-hydrogen) atoms. The molecule has 1 N–H and O–H groups in total. The smallest absolute Gasteiger partial charge is 0.246 e. The van der Waals surface area contributed by atoms with E-state index in [4.69, 9.17) is 18.7 Å². The summed E-state index contributed by atoms with van der Waals surface area (Å²) in [5, 5.41) is 7.07. The third-order valence-electron chi connectivity index (χ3n) is 6.61. The van der Waals surface area contributed by atoms with Crippen LogP contribution < -0.4 is 5.32 Å². The molecule has 3 heterocycles. The van der Waals surface area contributed by atoms with E-state index in [1.807, 2.05) is 34.7 Å². The van der Waals surface area contributed by atoms with Gasteiger partial charge in [0.2, 0.25) is 11.8 Å². The Bertz CT molecular complexity index is 706. The molecule has 1 aromatic heterocycles. The summed E-state index contributed by atoms with van der Waals surface area (Å²) in [5.41, 5.74) is -0.294. The highest BCUT2D eigenvalue weighted by Crippen LogP contribution is 2.28. The van der Waals surface area contributed by atoms with Crippen LogP contribution in [0.1, 0.15) is 65.5 Å². The topological polar surface area (TPSA) is 86.1 Å². The molecule has 2 aliphatic rings. The molecule has 3 rings (SSSR count). The molecule has 0 radical (unpaired) electrons. The van der Waals surface area contributed by atoms with E-state index in [2.05, 4.69) is 15.4 Å². The summed E-state index contributed by atoms with van der Waals surface area (Å²) in [6.07, 6.45) is 5.13. The maximum Gasteiger partial charge on any atom is 0.246 e. The first kappa shape index (κ1) is 24.2. The molecule has 1 aromatic rings. The highest BCUT2D eigenvalue weighted by atomic mass is 16.7. The predicted molar refractivity (Wildman–Crippen MR) is 118 cm³/mol. The van der Waals surface area contributed by atoms with Gasteiger partial charge < -0.3 is 18.7 Å². The van der Waals surface area contributed by atoms with Crippen LogP contribution in [0.5, 0.6) is 0 Å². The number of anilines is 1. The van der Waals surface area contributed by atoms with Gasteiger partial charge in [0.05, 0.1) is 17.8 Å². The lowest BCUT2D eigenvalue weighted by Gasteiger charge is -2.34. The van der Waals surface area contributed by atoms with Gasteiger partial charge in [-0.1, -0.05) is 19.0 Å². The van der Waals surface area contributed by atoms with Crippen molar-refractivity contribution in [2.75, 3.05) is 45.3 Å². The minimum absolute atomic E-state index is 0.120. The maximum absolute atomic E-state index is 13.0. The van der Waals surface area contributed by atoms with Crippen LogP contribution in [0.3, 0.4) is 0 Å². The Morgan fingerprint density at radius 2 is 2.06 bits per heavy atom. The Morgan fingerprint density at radius 3 is 2.74 bits per heavy atom. The summed E-state index contributed by atoms with van der Waals surface area (Å²) >= 11 is 0. The number of hydrogen-bond donors (Lipinski definition) is 1. The summed E-state index contributed by atoms with van der Waals surface area (Å²) in [6.45, 7) is 11.7. The number of nitrogens with zero attached hydrogens (tertiary/aromatic N) is 2. The summed E-state index contributed by atoms with van der Waals surface area (Å²) < 4.78 is 22.5. The van der Waals surface area contributed by atoms with Crippen LogP contribution >= 0.6 is 0 Å². The molecule has 2 fully saturated rings. The van der Waals surface area contributed by atoms with E-state index >= 15 is 0 Å². The van der Waals surface area contributed by atoms with Gasteiger partial charge in [-0.05, 0) is 65.5 Å². The molecular weight excluding hydrogens is 398 g/mol. The Kier molecular flexibility index (Phi) is 8.13. The lowest BCUT2D eigenvalue weighted by molar-refractivity contribution is -0.170. The van der Waals surface area contributed by atoms with Gasteiger partial charge in [0.25, 0.3) is 0 Å². The van der Waals surface area contributed by atoms with Crippen LogP contribution in [0.4, 0.5) is 5.88 Å². The average Bonchev–Trinajstić information content (AvgIpc) is 3.43. The Balaban J connectivity index is 1.51. The molecule has 0 aromatic carbocycles. The van der Waals surface area contributed by atoms with E-state index in [1.54, 1.807) is 6.07 Å². The third kappa shape index (κ3) is 6.51. The average molecular weight is 438 g/mol. The van der Waals surface area contributed by atoms with Gasteiger partial charge in [0, 0.05) is 31.3 Å². The molecular formula is C23H39N3O5. The molecule has 176 valence electrons. The fourth-order valence-electron chi connectivity index (χ4n) is 3.78. The fourth-order valence-corrected chi connectivity index (χ4v) is 3.78. The third-order valence-corrected chi connectivity index (χ3v) is 6.61. The second kappa shape index (κ2) is 10.4. The Morgan fingerprint density at radius 1 is 1.26 bits per heavy atom. The van der Waals surface area contributed by atoms with Crippen molar-refractivity contribution >= 4 is 11.8 Å². The van der Waals surface area contributed by atoms with E-state index in [1.165, 1.54) is 0 Å². The van der Waals surface area contributed by atoms with Gasteiger partial charge in [-0.3, -0.25) is 15.0 Å². The minimum atomic E-state index is -0.677. The molecule has 1 amide bonds. The van der Waals surface area contributed by atoms with Gasteiger partial charge in [-0.15, -0.1) is 0 Å². The molecule has 0 bridgehead atoms. The highest BCUT2D eigenvalue weighted by molar-refractivity contribution is 5.96. The molecule has 8 nitrogen and oxygen atoms in total. The number of amides is 1. The number of rotatable bonds is 10. The Hall–Kier alpha value is -1.48. The quantitative estimate of drug-likeness (QED) is 0.599. The van der Waals surface area contributed by atoms with Crippen molar-refractivity contribution in [2.24, 2.45) is 5.92 Å². The molecule has 2 atom stereocenters. The fraction of sp³-hybridized carbons (Fsp3) is 0.826. The van der Waals surface area contributed by atoms with Gasteiger partial charge in [-0.2, -0.15) is 0 Å². The van der Waals surface area contributed by atoms with Crippen molar-refractivity contribution in [2.45, 2.75) is 77.0 Å². The zero-order chi connectivity index (χ0) is 22.5. The van der Waals surface area contributed by atoms with Gasteiger partial charge in [0.1, 0.15) is 0 Å². The zero-order valence-corrected chi connectivity index (χ0v) is 19.7. The molecule has 0 spiro atoms. The van der Waals surface area contributed by atoms with Crippen LogP contribution in [0.2, 0.25) is 0 Å². The lowest BCUT2D eigenvalue weighted by atomic mass is 9.90. The number of likely N-dealkylation sites (N-methyl/N-ethyl adjacent to an activating group) is 1. The summed E-state index contributed by atoms with van der Waals surface area (Å²) in [6, 6.07) is 1.79. The second-order valence-corrected chi connectivity index (χ2v) is 10.0. The van der Waals surface area contributed by atoms with Gasteiger partial charge in [0.15, 0.2) is 6.29 Å². The van der Waals surface area contributed by atoms with Crippen molar-refractivity contribution in [1.29, 1.82) is 0 Å². The monoisotopic (exact) mass is 437 g/mol. The van der Waals surface area contributed by atoms with Crippen LogP contribution in [0, 0.1) is 5.92 Å². The molecule has 0 aliphatic carbocycles. The number of ether oxygens (including phenoxy) is 3. The molecule has 8 heteroatoms. The summed E-state index contributed by atoms with van der Waals surface area (Å²) in [4.78, 5) is 15.0. The first-order valence-corrected chi connectivity index (χ1v) is 11.5. The number of nitrogens with one attached hydrogen (secondary N) is 1. The van der Waals surface area contributed by atoms with E-state index in [0.29, 0.717) is 18.4 Å². The van der Waals surface area contributed by atoms with E-state index in [-0.39, 0.29) is 17.6 Å². The lowest BCUT2D eigenvalue weighted by Crippen LogP contribution is -2.51.